The maximum atomic E-state index is 13.1. The van der Waals surface area contributed by atoms with Gasteiger partial charge in [-0.2, -0.15) is 0 Å². The molecule has 1 rings (SSSR count). The fourth-order valence-electron chi connectivity index (χ4n) is 1.05. The number of benzene rings is 1. The van der Waals surface area contributed by atoms with Crippen molar-refractivity contribution in [1.82, 2.24) is 5.32 Å². The van der Waals surface area contributed by atoms with Crippen LogP contribution in [0.15, 0.2) is 18.2 Å². The van der Waals surface area contributed by atoms with Crippen LogP contribution in [0.5, 0.6) is 0 Å². The smallest absolute Gasteiger partial charge is 0.277 e. The van der Waals surface area contributed by atoms with Crippen LogP contribution in [0.1, 0.15) is 10.4 Å². The average molecular weight is 287 g/mol. The molecule has 3 nitrogen and oxygen atoms in total. The summed E-state index contributed by atoms with van der Waals surface area (Å²) in [6.07, 6.45) is 0. The van der Waals surface area contributed by atoms with Crippen molar-refractivity contribution >= 4 is 18.3 Å². The SMILES string of the molecule is Cl.NCC(F)(F)CNC(=O)c1ccc(F)cc1F. The molecule has 3 N–H and O–H groups in total. The van der Waals surface area contributed by atoms with E-state index in [0.29, 0.717) is 6.07 Å². The van der Waals surface area contributed by atoms with Crippen molar-refractivity contribution in [1.29, 1.82) is 0 Å². The molecule has 0 radical (unpaired) electrons. The minimum Gasteiger partial charge on any atom is -0.346 e. The van der Waals surface area contributed by atoms with Gasteiger partial charge in [-0.05, 0) is 12.1 Å². The first kappa shape index (κ1) is 16.7. The Morgan fingerprint density at radius 3 is 2.44 bits per heavy atom. The molecule has 1 aromatic rings. The van der Waals surface area contributed by atoms with Gasteiger partial charge in [0.05, 0.1) is 18.7 Å². The van der Waals surface area contributed by atoms with Gasteiger partial charge < -0.3 is 11.1 Å². The Kier molecular flexibility index (Phi) is 6.07. The maximum absolute atomic E-state index is 13.1. The number of amides is 1. The molecule has 18 heavy (non-hydrogen) atoms. The molecule has 0 saturated carbocycles. The predicted octanol–water partition coefficient (Wildman–Crippen LogP) is 1.71. The molecule has 102 valence electrons. The molecule has 0 atom stereocenters. The van der Waals surface area contributed by atoms with Crippen molar-refractivity contribution in [2.75, 3.05) is 13.1 Å². The molecule has 0 aliphatic heterocycles. The molecule has 8 heteroatoms. The first-order valence-corrected chi connectivity index (χ1v) is 4.67. The number of nitrogens with two attached hydrogens (primary N) is 1. The maximum Gasteiger partial charge on any atom is 0.277 e. The van der Waals surface area contributed by atoms with Gasteiger partial charge in [0.25, 0.3) is 11.8 Å². The minimum atomic E-state index is -3.26. The highest BCUT2D eigenvalue weighted by molar-refractivity contribution is 5.94. The van der Waals surface area contributed by atoms with E-state index in [0.717, 1.165) is 12.1 Å². The number of nitrogens with one attached hydrogen (secondary N) is 1. The monoisotopic (exact) mass is 286 g/mol. The van der Waals surface area contributed by atoms with Gasteiger partial charge in [0.15, 0.2) is 0 Å². The van der Waals surface area contributed by atoms with E-state index in [-0.39, 0.29) is 12.4 Å². The van der Waals surface area contributed by atoms with Gasteiger partial charge in [-0.25, -0.2) is 17.6 Å². The van der Waals surface area contributed by atoms with E-state index < -0.39 is 42.1 Å². The van der Waals surface area contributed by atoms with Crippen LogP contribution in [0.4, 0.5) is 17.6 Å². The molecular weight excluding hydrogens is 276 g/mol. The minimum absolute atomic E-state index is 0. The zero-order chi connectivity index (χ0) is 13.1. The van der Waals surface area contributed by atoms with Gasteiger partial charge in [0, 0.05) is 6.07 Å². The number of hydrogen-bond donors (Lipinski definition) is 2. The highest BCUT2D eigenvalue weighted by Crippen LogP contribution is 2.12. The van der Waals surface area contributed by atoms with E-state index in [4.69, 9.17) is 5.73 Å². The molecule has 0 aliphatic rings. The third kappa shape index (κ3) is 4.50. The van der Waals surface area contributed by atoms with Gasteiger partial charge in [0.2, 0.25) is 0 Å². The third-order valence-corrected chi connectivity index (χ3v) is 1.98. The molecule has 0 fully saturated rings. The first-order chi connectivity index (χ1) is 7.85. The van der Waals surface area contributed by atoms with E-state index >= 15 is 0 Å². The van der Waals surface area contributed by atoms with Crippen LogP contribution in [0.2, 0.25) is 0 Å². The largest absolute Gasteiger partial charge is 0.346 e. The summed E-state index contributed by atoms with van der Waals surface area (Å²) in [5.74, 6) is -6.27. The summed E-state index contributed by atoms with van der Waals surface area (Å²) < 4.78 is 51.0. The van der Waals surface area contributed by atoms with Crippen molar-refractivity contribution in [3.8, 4) is 0 Å². The van der Waals surface area contributed by atoms with Gasteiger partial charge >= 0.3 is 0 Å². The molecule has 1 aromatic carbocycles. The number of alkyl halides is 2. The third-order valence-electron chi connectivity index (χ3n) is 1.98. The molecule has 0 saturated heterocycles. The fourth-order valence-corrected chi connectivity index (χ4v) is 1.05. The van der Waals surface area contributed by atoms with Crippen molar-refractivity contribution < 1.29 is 22.4 Å². The van der Waals surface area contributed by atoms with Gasteiger partial charge in [-0.15, -0.1) is 12.4 Å². The topological polar surface area (TPSA) is 55.1 Å². The summed E-state index contributed by atoms with van der Waals surface area (Å²) in [6.45, 7) is -1.93. The summed E-state index contributed by atoms with van der Waals surface area (Å²) >= 11 is 0. The second-order valence-electron chi connectivity index (χ2n) is 3.37. The number of carbonyl (C=O) groups is 1. The molecule has 0 spiro atoms. The Morgan fingerprint density at radius 1 is 1.33 bits per heavy atom. The van der Waals surface area contributed by atoms with E-state index in [1.54, 1.807) is 0 Å². The fraction of sp³-hybridized carbons (Fsp3) is 0.300. The Balaban J connectivity index is 0.00000289. The summed E-state index contributed by atoms with van der Waals surface area (Å²) in [4.78, 5) is 11.3. The Morgan fingerprint density at radius 2 is 1.94 bits per heavy atom. The average Bonchev–Trinajstić information content (AvgIpc) is 2.26. The van der Waals surface area contributed by atoms with Crippen LogP contribution in [0, 0.1) is 11.6 Å². The molecule has 0 aliphatic carbocycles. The van der Waals surface area contributed by atoms with Crippen molar-refractivity contribution in [2.24, 2.45) is 5.73 Å². The zero-order valence-corrected chi connectivity index (χ0v) is 9.87. The van der Waals surface area contributed by atoms with Crippen LogP contribution >= 0.6 is 12.4 Å². The lowest BCUT2D eigenvalue weighted by molar-refractivity contribution is 0.0118. The van der Waals surface area contributed by atoms with E-state index in [1.165, 1.54) is 0 Å². The number of carbonyl (C=O) groups excluding carboxylic acids is 1. The normalized spacial score (nSPS) is 10.7. The summed E-state index contributed by atoms with van der Waals surface area (Å²) in [7, 11) is 0. The summed E-state index contributed by atoms with van der Waals surface area (Å²) in [6, 6.07) is 2.23. The molecule has 0 unspecified atom stereocenters. The van der Waals surface area contributed by atoms with Crippen molar-refractivity contribution in [3.05, 3.63) is 35.4 Å². The van der Waals surface area contributed by atoms with Crippen molar-refractivity contribution in [3.63, 3.8) is 0 Å². The van der Waals surface area contributed by atoms with E-state index in [2.05, 4.69) is 0 Å². The highest BCUT2D eigenvalue weighted by Gasteiger charge is 2.27. The second-order valence-corrected chi connectivity index (χ2v) is 3.37. The number of hydrogen-bond acceptors (Lipinski definition) is 2. The van der Waals surface area contributed by atoms with Gasteiger partial charge in [-0.1, -0.05) is 0 Å². The molecule has 0 heterocycles. The molecule has 0 bridgehead atoms. The summed E-state index contributed by atoms with van der Waals surface area (Å²) in [5.41, 5.74) is 4.26. The predicted molar refractivity (Wildman–Crippen MR) is 59.9 cm³/mol. The zero-order valence-electron chi connectivity index (χ0n) is 9.05. The lowest BCUT2D eigenvalue weighted by Crippen LogP contribution is -2.41. The highest BCUT2D eigenvalue weighted by atomic mass is 35.5. The molecular formula is C10H11ClF4N2O. The van der Waals surface area contributed by atoms with E-state index in [1.807, 2.05) is 5.32 Å². The Hall–Kier alpha value is -1.34. The van der Waals surface area contributed by atoms with Crippen LogP contribution in [-0.4, -0.2) is 24.9 Å². The van der Waals surface area contributed by atoms with Crippen LogP contribution in [-0.2, 0) is 0 Å². The van der Waals surface area contributed by atoms with Crippen molar-refractivity contribution in [2.45, 2.75) is 5.92 Å². The quantitative estimate of drug-likeness (QED) is 0.828. The van der Waals surface area contributed by atoms with Gasteiger partial charge in [0.1, 0.15) is 11.6 Å². The first-order valence-electron chi connectivity index (χ1n) is 4.67. The molecule has 0 aromatic heterocycles. The Bertz CT molecular complexity index is 428. The van der Waals surface area contributed by atoms with Crippen LogP contribution < -0.4 is 11.1 Å². The molecule has 1 amide bonds. The van der Waals surface area contributed by atoms with E-state index in [9.17, 15) is 22.4 Å². The van der Waals surface area contributed by atoms with Crippen LogP contribution in [0.3, 0.4) is 0 Å². The Labute approximate surface area is 107 Å². The number of rotatable bonds is 4. The second kappa shape index (κ2) is 6.55. The number of halogens is 5. The summed E-state index contributed by atoms with van der Waals surface area (Å²) in [5, 5.41) is 1.82. The lowest BCUT2D eigenvalue weighted by atomic mass is 10.2. The van der Waals surface area contributed by atoms with Gasteiger partial charge in [-0.3, -0.25) is 4.79 Å². The lowest BCUT2D eigenvalue weighted by Gasteiger charge is -2.14. The van der Waals surface area contributed by atoms with Crippen LogP contribution in [0.25, 0.3) is 0 Å². The standard InChI is InChI=1S/C10H10F4N2O.ClH/c11-6-1-2-7(8(12)3-6)9(17)16-5-10(13,14)4-15;/h1-3H,4-5,15H2,(H,16,17);1H.